The molecule has 0 heterocycles. The Kier molecular flexibility index (Phi) is 6.68. The van der Waals surface area contributed by atoms with Gasteiger partial charge in [0, 0.05) is 6.61 Å². The Morgan fingerprint density at radius 2 is 2.07 bits per heavy atom. The van der Waals surface area contributed by atoms with Gasteiger partial charge in [0.1, 0.15) is 5.82 Å². The third-order valence-corrected chi connectivity index (χ3v) is 1.65. The lowest BCUT2D eigenvalue weighted by Gasteiger charge is -2.02. The second-order valence-electron chi connectivity index (χ2n) is 2.59. The van der Waals surface area contributed by atoms with Crippen LogP contribution in [0.3, 0.4) is 0 Å². The Labute approximate surface area is 84.9 Å². The maximum Gasteiger partial charge on any atom is 0.123 e. The minimum atomic E-state index is -0.272. The van der Waals surface area contributed by atoms with Crippen molar-refractivity contribution < 1.29 is 9.50 Å². The number of rotatable bonds is 3. The van der Waals surface area contributed by atoms with Gasteiger partial charge in [0.15, 0.2) is 0 Å². The van der Waals surface area contributed by atoms with E-state index in [9.17, 15) is 4.39 Å². The molecule has 0 aliphatic carbocycles. The van der Waals surface area contributed by atoms with Gasteiger partial charge in [-0.1, -0.05) is 32.6 Å². The molecule has 1 rings (SSSR count). The van der Waals surface area contributed by atoms with Gasteiger partial charge in [-0.3, -0.25) is 0 Å². The first-order chi connectivity index (χ1) is 6.74. The van der Waals surface area contributed by atoms with E-state index in [4.69, 9.17) is 5.11 Å². The van der Waals surface area contributed by atoms with E-state index in [-0.39, 0.29) is 12.4 Å². The molecular formula is C12H17FO. The zero-order chi connectivity index (χ0) is 11.0. The zero-order valence-corrected chi connectivity index (χ0v) is 8.76. The van der Waals surface area contributed by atoms with Crippen LogP contribution < -0.4 is 0 Å². The fraction of sp³-hybridized carbons (Fsp3) is 0.333. The van der Waals surface area contributed by atoms with Crippen LogP contribution in [0.1, 0.15) is 25.8 Å². The molecule has 0 fully saturated rings. The first-order valence-electron chi connectivity index (χ1n) is 4.78. The lowest BCUT2D eigenvalue weighted by molar-refractivity contribution is 0.305. The number of benzene rings is 1. The normalized spacial score (nSPS) is 8.86. The van der Waals surface area contributed by atoms with Gasteiger partial charge in [-0.25, -0.2) is 4.39 Å². The maximum atomic E-state index is 12.7. The number of halogens is 1. The summed E-state index contributed by atoms with van der Waals surface area (Å²) in [6.45, 7) is 7.78. The summed E-state index contributed by atoms with van der Waals surface area (Å²) in [5.41, 5.74) is 1.51. The SMILES string of the molecule is C=C(CCO)c1cccc(F)c1.CC. The zero-order valence-electron chi connectivity index (χ0n) is 8.76. The van der Waals surface area contributed by atoms with Crippen LogP contribution in [0, 0.1) is 5.82 Å². The van der Waals surface area contributed by atoms with Crippen molar-refractivity contribution in [1.29, 1.82) is 0 Å². The summed E-state index contributed by atoms with van der Waals surface area (Å²) in [5.74, 6) is -0.272. The molecule has 0 saturated heterocycles. The van der Waals surface area contributed by atoms with E-state index < -0.39 is 0 Å². The summed E-state index contributed by atoms with van der Waals surface area (Å²) in [7, 11) is 0. The number of aliphatic hydroxyl groups is 1. The summed E-state index contributed by atoms with van der Waals surface area (Å²) in [6, 6.07) is 6.21. The molecule has 0 bridgehead atoms. The highest BCUT2D eigenvalue weighted by Crippen LogP contribution is 2.15. The van der Waals surface area contributed by atoms with Crippen LogP contribution in [-0.4, -0.2) is 11.7 Å². The average molecular weight is 196 g/mol. The Hall–Kier alpha value is -1.15. The molecule has 1 N–H and O–H groups in total. The van der Waals surface area contributed by atoms with Gasteiger partial charge >= 0.3 is 0 Å². The summed E-state index contributed by atoms with van der Waals surface area (Å²) in [5, 5.41) is 8.61. The Morgan fingerprint density at radius 1 is 1.43 bits per heavy atom. The highest BCUT2D eigenvalue weighted by atomic mass is 19.1. The van der Waals surface area contributed by atoms with Crippen molar-refractivity contribution in [2.45, 2.75) is 20.3 Å². The van der Waals surface area contributed by atoms with Crippen molar-refractivity contribution in [3.8, 4) is 0 Å². The molecule has 0 spiro atoms. The van der Waals surface area contributed by atoms with Crippen LogP contribution >= 0.6 is 0 Å². The van der Waals surface area contributed by atoms with Gasteiger partial charge in [0.05, 0.1) is 0 Å². The van der Waals surface area contributed by atoms with Crippen molar-refractivity contribution in [3.05, 3.63) is 42.2 Å². The van der Waals surface area contributed by atoms with Gasteiger partial charge in [-0.2, -0.15) is 0 Å². The number of aliphatic hydroxyl groups excluding tert-OH is 1. The van der Waals surface area contributed by atoms with Gasteiger partial charge in [-0.15, -0.1) is 0 Å². The highest BCUT2D eigenvalue weighted by molar-refractivity contribution is 5.63. The van der Waals surface area contributed by atoms with E-state index in [0.717, 1.165) is 11.1 Å². The molecule has 0 aromatic heterocycles. The maximum absolute atomic E-state index is 12.7. The topological polar surface area (TPSA) is 20.2 Å². The third-order valence-electron chi connectivity index (χ3n) is 1.65. The van der Waals surface area contributed by atoms with Gasteiger partial charge in [0.2, 0.25) is 0 Å². The Morgan fingerprint density at radius 3 is 2.57 bits per heavy atom. The molecule has 0 radical (unpaired) electrons. The van der Waals surface area contributed by atoms with Crippen LogP contribution in [0.25, 0.3) is 5.57 Å². The monoisotopic (exact) mass is 196 g/mol. The molecule has 78 valence electrons. The molecule has 0 saturated carbocycles. The molecule has 1 nitrogen and oxygen atoms in total. The molecule has 2 heteroatoms. The van der Waals surface area contributed by atoms with Crippen molar-refractivity contribution >= 4 is 5.57 Å². The molecule has 1 aromatic carbocycles. The molecule has 0 aliphatic heterocycles. The van der Waals surface area contributed by atoms with Crippen molar-refractivity contribution in [2.75, 3.05) is 6.61 Å². The van der Waals surface area contributed by atoms with Crippen LogP contribution in [0.2, 0.25) is 0 Å². The van der Waals surface area contributed by atoms with Gasteiger partial charge in [-0.05, 0) is 29.7 Å². The Bertz CT molecular complexity index is 281. The van der Waals surface area contributed by atoms with E-state index in [1.165, 1.54) is 12.1 Å². The van der Waals surface area contributed by atoms with Gasteiger partial charge in [0.25, 0.3) is 0 Å². The second kappa shape index (κ2) is 7.27. The van der Waals surface area contributed by atoms with Crippen molar-refractivity contribution in [3.63, 3.8) is 0 Å². The van der Waals surface area contributed by atoms with Crippen LogP contribution in [0.5, 0.6) is 0 Å². The van der Waals surface area contributed by atoms with E-state index in [1.54, 1.807) is 12.1 Å². The Balaban J connectivity index is 0.000000791. The first-order valence-corrected chi connectivity index (χ1v) is 4.78. The van der Waals surface area contributed by atoms with Crippen LogP contribution in [0.4, 0.5) is 4.39 Å². The number of hydrogen-bond acceptors (Lipinski definition) is 1. The molecule has 0 amide bonds. The molecule has 0 atom stereocenters. The standard InChI is InChI=1S/C10H11FO.C2H6/c1-8(5-6-12)9-3-2-4-10(11)7-9;1-2/h2-4,7,12H,1,5-6H2;1-2H3. The number of hydrogen-bond donors (Lipinski definition) is 1. The second-order valence-corrected chi connectivity index (χ2v) is 2.59. The molecule has 1 aromatic rings. The lowest BCUT2D eigenvalue weighted by atomic mass is 10.1. The van der Waals surface area contributed by atoms with E-state index in [0.29, 0.717) is 6.42 Å². The van der Waals surface area contributed by atoms with Crippen LogP contribution in [-0.2, 0) is 0 Å². The molecule has 14 heavy (non-hydrogen) atoms. The van der Waals surface area contributed by atoms with E-state index >= 15 is 0 Å². The fourth-order valence-corrected chi connectivity index (χ4v) is 0.988. The fourth-order valence-electron chi connectivity index (χ4n) is 0.988. The molecule has 0 unspecified atom stereocenters. The summed E-state index contributed by atoms with van der Waals surface area (Å²) in [4.78, 5) is 0. The highest BCUT2D eigenvalue weighted by Gasteiger charge is 1.98. The quantitative estimate of drug-likeness (QED) is 0.786. The summed E-state index contributed by atoms with van der Waals surface area (Å²) >= 11 is 0. The minimum absolute atomic E-state index is 0.0509. The van der Waals surface area contributed by atoms with Crippen molar-refractivity contribution in [2.24, 2.45) is 0 Å². The predicted molar refractivity (Wildman–Crippen MR) is 58.5 cm³/mol. The smallest absolute Gasteiger partial charge is 0.123 e. The molecule has 0 aliphatic rings. The predicted octanol–water partition coefficient (Wildman–Crippen LogP) is 3.25. The largest absolute Gasteiger partial charge is 0.396 e. The first kappa shape index (κ1) is 12.8. The lowest BCUT2D eigenvalue weighted by Crippen LogP contribution is -1.88. The van der Waals surface area contributed by atoms with E-state index in [1.807, 2.05) is 13.8 Å². The molecular weight excluding hydrogens is 179 g/mol. The summed E-state index contributed by atoms with van der Waals surface area (Å²) < 4.78 is 12.7. The summed E-state index contributed by atoms with van der Waals surface area (Å²) in [6.07, 6.45) is 0.490. The third kappa shape index (κ3) is 4.19. The minimum Gasteiger partial charge on any atom is -0.396 e. The van der Waals surface area contributed by atoms with Gasteiger partial charge < -0.3 is 5.11 Å². The van der Waals surface area contributed by atoms with E-state index in [2.05, 4.69) is 6.58 Å². The van der Waals surface area contributed by atoms with Crippen LogP contribution in [0.15, 0.2) is 30.8 Å². The van der Waals surface area contributed by atoms with Crippen molar-refractivity contribution in [1.82, 2.24) is 0 Å². The average Bonchev–Trinajstić information content (AvgIpc) is 2.21.